The van der Waals surface area contributed by atoms with Gasteiger partial charge in [-0.15, -0.1) is 0 Å². The van der Waals surface area contributed by atoms with Crippen molar-refractivity contribution in [1.29, 1.82) is 5.26 Å². The molecule has 3 rings (SSSR count). The molecule has 0 saturated heterocycles. The Hall–Kier alpha value is -3.43. The lowest BCUT2D eigenvalue weighted by Crippen LogP contribution is -2.13. The van der Waals surface area contributed by atoms with Gasteiger partial charge in [0.25, 0.3) is 5.91 Å². The van der Waals surface area contributed by atoms with Crippen LogP contribution in [0.1, 0.15) is 11.1 Å². The zero-order valence-electron chi connectivity index (χ0n) is 15.2. The van der Waals surface area contributed by atoms with Crippen LogP contribution in [0.2, 0.25) is 0 Å². The molecule has 0 fully saturated rings. The van der Waals surface area contributed by atoms with Crippen molar-refractivity contribution in [3.05, 3.63) is 99.8 Å². The minimum absolute atomic E-state index is 0.0889. The average Bonchev–Trinajstić information content (AvgIpc) is 2.74. The second-order valence-corrected chi connectivity index (χ2v) is 7.00. The van der Waals surface area contributed by atoms with Gasteiger partial charge in [0.1, 0.15) is 29.8 Å². The maximum absolute atomic E-state index is 13.0. The molecular weight excluding hydrogens is 435 g/mol. The van der Waals surface area contributed by atoms with E-state index in [9.17, 15) is 14.4 Å². The van der Waals surface area contributed by atoms with E-state index in [0.29, 0.717) is 23.6 Å². The predicted octanol–water partition coefficient (Wildman–Crippen LogP) is 5.71. The van der Waals surface area contributed by atoms with Crippen LogP contribution in [0.3, 0.4) is 0 Å². The van der Waals surface area contributed by atoms with Crippen LogP contribution in [0.5, 0.6) is 5.75 Å². The van der Waals surface area contributed by atoms with Crippen molar-refractivity contribution >= 4 is 33.6 Å². The lowest BCUT2D eigenvalue weighted by molar-refractivity contribution is -0.112. The van der Waals surface area contributed by atoms with Crippen molar-refractivity contribution in [2.75, 3.05) is 5.32 Å². The van der Waals surface area contributed by atoms with Crippen LogP contribution in [-0.2, 0) is 11.4 Å². The number of halogens is 2. The Kier molecular flexibility index (Phi) is 6.77. The monoisotopic (exact) mass is 450 g/mol. The van der Waals surface area contributed by atoms with Gasteiger partial charge in [0.2, 0.25) is 0 Å². The third-order valence-corrected chi connectivity index (χ3v) is 4.52. The summed E-state index contributed by atoms with van der Waals surface area (Å²) in [6.07, 6.45) is 1.47. The highest BCUT2D eigenvalue weighted by atomic mass is 79.9. The van der Waals surface area contributed by atoms with Gasteiger partial charge < -0.3 is 10.1 Å². The summed E-state index contributed by atoms with van der Waals surface area (Å²) in [5, 5.41) is 12.0. The Morgan fingerprint density at radius 3 is 2.45 bits per heavy atom. The van der Waals surface area contributed by atoms with Crippen LogP contribution >= 0.6 is 15.9 Å². The molecule has 1 amide bonds. The van der Waals surface area contributed by atoms with E-state index < -0.39 is 11.7 Å². The molecule has 0 aliphatic heterocycles. The summed E-state index contributed by atoms with van der Waals surface area (Å²) in [5.74, 6) is -0.435. The summed E-state index contributed by atoms with van der Waals surface area (Å²) < 4.78 is 19.9. The van der Waals surface area contributed by atoms with Crippen LogP contribution in [0.4, 0.5) is 10.1 Å². The first-order chi connectivity index (χ1) is 14.0. The molecule has 4 nitrogen and oxygen atoms in total. The number of nitrogens with zero attached hydrogens (tertiary/aromatic N) is 1. The smallest absolute Gasteiger partial charge is 0.266 e. The van der Waals surface area contributed by atoms with Crippen molar-refractivity contribution < 1.29 is 13.9 Å². The highest BCUT2D eigenvalue weighted by Crippen LogP contribution is 2.23. The van der Waals surface area contributed by atoms with Crippen LogP contribution in [0.25, 0.3) is 6.08 Å². The molecule has 0 heterocycles. The Morgan fingerprint density at radius 2 is 1.76 bits per heavy atom. The molecular formula is C23H16BrFN2O2. The van der Waals surface area contributed by atoms with Gasteiger partial charge in [-0.05, 0) is 54.1 Å². The first-order valence-electron chi connectivity index (χ1n) is 8.70. The first kappa shape index (κ1) is 20.3. The second-order valence-electron chi connectivity index (χ2n) is 6.08. The number of benzene rings is 3. The quantitative estimate of drug-likeness (QED) is 0.386. The number of anilines is 1. The normalized spacial score (nSPS) is 10.9. The van der Waals surface area contributed by atoms with Crippen LogP contribution in [0, 0.1) is 17.1 Å². The molecule has 0 aliphatic carbocycles. The van der Waals surface area contributed by atoms with Crippen molar-refractivity contribution in [3.63, 3.8) is 0 Å². The van der Waals surface area contributed by atoms with Crippen molar-refractivity contribution in [3.8, 4) is 11.8 Å². The van der Waals surface area contributed by atoms with E-state index in [1.165, 1.54) is 30.3 Å². The van der Waals surface area contributed by atoms with Crippen molar-refractivity contribution in [2.24, 2.45) is 0 Å². The lowest BCUT2D eigenvalue weighted by atomic mass is 10.1. The predicted molar refractivity (Wildman–Crippen MR) is 114 cm³/mol. The van der Waals surface area contributed by atoms with Gasteiger partial charge in [-0.1, -0.05) is 46.3 Å². The molecule has 0 aliphatic rings. The highest BCUT2D eigenvalue weighted by Gasteiger charge is 2.11. The minimum atomic E-state index is -0.582. The van der Waals surface area contributed by atoms with E-state index in [2.05, 4.69) is 21.2 Å². The number of hydrogen-bond donors (Lipinski definition) is 1. The fraction of sp³-hybridized carbons (Fsp3) is 0.0435. The first-order valence-corrected chi connectivity index (χ1v) is 9.49. The standard InChI is InChI=1S/C23H16BrFN2O2/c24-19-7-5-16(6-8-19)15-29-22-4-2-1-3-17(22)13-18(14-26)23(28)27-21-11-9-20(25)10-12-21/h1-13H,15H2,(H,27,28)/b18-13+. The van der Waals surface area contributed by atoms with Gasteiger partial charge in [-0.3, -0.25) is 4.79 Å². The molecule has 6 heteroatoms. The number of nitriles is 1. The molecule has 0 atom stereocenters. The van der Waals surface area contributed by atoms with E-state index >= 15 is 0 Å². The van der Waals surface area contributed by atoms with Gasteiger partial charge in [0.05, 0.1) is 0 Å². The maximum atomic E-state index is 13.0. The van der Waals surface area contributed by atoms with E-state index in [4.69, 9.17) is 4.74 Å². The van der Waals surface area contributed by atoms with Gasteiger partial charge in [0.15, 0.2) is 0 Å². The molecule has 0 spiro atoms. The minimum Gasteiger partial charge on any atom is -0.488 e. The molecule has 1 N–H and O–H groups in total. The summed E-state index contributed by atoms with van der Waals surface area (Å²) in [6.45, 7) is 0.349. The molecule has 0 radical (unpaired) electrons. The van der Waals surface area contributed by atoms with E-state index in [1.54, 1.807) is 18.2 Å². The summed E-state index contributed by atoms with van der Waals surface area (Å²) in [7, 11) is 0. The maximum Gasteiger partial charge on any atom is 0.266 e. The number of rotatable bonds is 6. The second kappa shape index (κ2) is 9.67. The zero-order chi connectivity index (χ0) is 20.6. The van der Waals surface area contributed by atoms with Crippen LogP contribution < -0.4 is 10.1 Å². The number of hydrogen-bond acceptors (Lipinski definition) is 3. The Balaban J connectivity index is 1.76. The van der Waals surface area contributed by atoms with Gasteiger partial charge in [0, 0.05) is 15.7 Å². The molecule has 144 valence electrons. The molecule has 3 aromatic carbocycles. The SMILES string of the molecule is N#C/C(=C\c1ccccc1OCc1ccc(Br)cc1)C(=O)Nc1ccc(F)cc1. The third-order valence-electron chi connectivity index (χ3n) is 3.99. The largest absolute Gasteiger partial charge is 0.488 e. The topological polar surface area (TPSA) is 62.1 Å². The fourth-order valence-corrected chi connectivity index (χ4v) is 2.77. The molecule has 0 saturated carbocycles. The Morgan fingerprint density at radius 1 is 1.07 bits per heavy atom. The summed E-state index contributed by atoms with van der Waals surface area (Å²) >= 11 is 3.39. The van der Waals surface area contributed by atoms with Crippen LogP contribution in [0.15, 0.2) is 82.8 Å². The summed E-state index contributed by atoms with van der Waals surface area (Å²) in [4.78, 5) is 12.4. The van der Waals surface area contributed by atoms with Crippen LogP contribution in [-0.4, -0.2) is 5.91 Å². The number of amides is 1. The third kappa shape index (κ3) is 5.77. The molecule has 0 aromatic heterocycles. The van der Waals surface area contributed by atoms with Gasteiger partial charge in [-0.2, -0.15) is 5.26 Å². The number of carbonyl (C=O) groups is 1. The van der Waals surface area contributed by atoms with Gasteiger partial charge >= 0.3 is 0 Å². The van der Waals surface area contributed by atoms with E-state index in [1.807, 2.05) is 36.4 Å². The summed E-state index contributed by atoms with van der Waals surface area (Å²) in [5.41, 5.74) is 1.91. The lowest BCUT2D eigenvalue weighted by Gasteiger charge is -2.10. The Bertz CT molecular complexity index is 1070. The highest BCUT2D eigenvalue weighted by molar-refractivity contribution is 9.10. The number of ether oxygens (including phenoxy) is 1. The van der Waals surface area contributed by atoms with E-state index in [0.717, 1.165) is 10.0 Å². The number of carbonyl (C=O) groups excluding carboxylic acids is 1. The van der Waals surface area contributed by atoms with E-state index in [-0.39, 0.29) is 5.57 Å². The molecule has 29 heavy (non-hydrogen) atoms. The number of nitrogens with one attached hydrogen (secondary N) is 1. The molecule has 0 unspecified atom stereocenters. The Labute approximate surface area is 176 Å². The zero-order valence-corrected chi connectivity index (χ0v) is 16.8. The molecule has 3 aromatic rings. The van der Waals surface area contributed by atoms with Crippen molar-refractivity contribution in [1.82, 2.24) is 0 Å². The van der Waals surface area contributed by atoms with Gasteiger partial charge in [-0.25, -0.2) is 4.39 Å². The number of para-hydroxylation sites is 1. The molecule has 0 bridgehead atoms. The average molecular weight is 451 g/mol. The van der Waals surface area contributed by atoms with Crippen molar-refractivity contribution in [2.45, 2.75) is 6.61 Å². The summed E-state index contributed by atoms with van der Waals surface area (Å²) in [6, 6.07) is 22.1. The fourth-order valence-electron chi connectivity index (χ4n) is 2.51.